The van der Waals surface area contributed by atoms with E-state index < -0.39 is 6.04 Å². The van der Waals surface area contributed by atoms with E-state index in [-0.39, 0.29) is 18.3 Å². The van der Waals surface area contributed by atoms with Crippen molar-refractivity contribution < 1.29 is 14.3 Å². The summed E-state index contributed by atoms with van der Waals surface area (Å²) in [5, 5.41) is 7.17. The normalized spacial score (nSPS) is 15.9. The van der Waals surface area contributed by atoms with E-state index >= 15 is 0 Å². The Kier molecular flexibility index (Phi) is 4.01. The van der Waals surface area contributed by atoms with Crippen LogP contribution in [-0.2, 0) is 7.05 Å². The van der Waals surface area contributed by atoms with Crippen LogP contribution in [0, 0.1) is 0 Å². The van der Waals surface area contributed by atoms with Crippen LogP contribution in [0.15, 0.2) is 60.8 Å². The molecule has 0 unspecified atom stereocenters. The zero-order chi connectivity index (χ0) is 18.1. The summed E-state index contributed by atoms with van der Waals surface area (Å²) in [6.45, 7) is 0.114. The highest BCUT2D eigenvalue weighted by Gasteiger charge is 2.31. The van der Waals surface area contributed by atoms with Crippen LogP contribution < -0.4 is 10.1 Å². The second kappa shape index (κ2) is 6.48. The Labute approximate surface area is 150 Å². The summed E-state index contributed by atoms with van der Waals surface area (Å²) in [5.74, 6) is 0.0537. The average Bonchev–Trinajstić information content (AvgIpc) is 3.07. The second-order valence-corrected chi connectivity index (χ2v) is 6.13. The first-order valence-electron chi connectivity index (χ1n) is 8.29. The molecule has 0 spiro atoms. The van der Waals surface area contributed by atoms with Crippen LogP contribution in [0.5, 0.6) is 5.75 Å². The highest BCUT2D eigenvalue weighted by molar-refractivity contribution is 6.07. The number of nitrogens with zero attached hydrogens (tertiary/aromatic N) is 2. The van der Waals surface area contributed by atoms with E-state index in [4.69, 9.17) is 4.74 Å². The Morgan fingerprint density at radius 3 is 2.69 bits per heavy atom. The highest BCUT2D eigenvalue weighted by atomic mass is 16.5. The predicted molar refractivity (Wildman–Crippen MR) is 96.2 cm³/mol. The van der Waals surface area contributed by atoms with Crippen LogP contribution in [-0.4, -0.2) is 34.1 Å². The number of hydrogen-bond acceptors (Lipinski definition) is 4. The highest BCUT2D eigenvalue weighted by Crippen LogP contribution is 2.25. The van der Waals surface area contributed by atoms with Crippen molar-refractivity contribution in [3.05, 3.63) is 71.9 Å². The molecule has 2 aromatic carbocycles. The molecule has 6 nitrogen and oxygen atoms in total. The minimum absolute atomic E-state index is 0.114. The van der Waals surface area contributed by atoms with Gasteiger partial charge in [-0.2, -0.15) is 5.10 Å². The van der Waals surface area contributed by atoms with Gasteiger partial charge in [0.2, 0.25) is 0 Å². The van der Waals surface area contributed by atoms with Gasteiger partial charge in [-0.05, 0) is 12.1 Å². The maximum absolute atomic E-state index is 12.8. The Balaban J connectivity index is 1.60. The first kappa shape index (κ1) is 16.1. The zero-order valence-electron chi connectivity index (χ0n) is 14.2. The molecule has 130 valence electrons. The number of nitrogens with one attached hydrogen (secondary N) is 1. The molecule has 1 amide bonds. The fourth-order valence-corrected chi connectivity index (χ4v) is 3.04. The van der Waals surface area contributed by atoms with Gasteiger partial charge in [0, 0.05) is 18.8 Å². The number of benzene rings is 2. The van der Waals surface area contributed by atoms with E-state index in [2.05, 4.69) is 10.4 Å². The molecule has 0 saturated heterocycles. The van der Waals surface area contributed by atoms with Gasteiger partial charge < -0.3 is 10.1 Å². The van der Waals surface area contributed by atoms with Gasteiger partial charge in [-0.25, -0.2) is 0 Å². The Bertz CT molecular complexity index is 979. The topological polar surface area (TPSA) is 73.2 Å². The Morgan fingerprint density at radius 2 is 1.88 bits per heavy atom. The Hall–Kier alpha value is -3.41. The second-order valence-electron chi connectivity index (χ2n) is 6.13. The number of ether oxygens (including phenoxy) is 1. The van der Waals surface area contributed by atoms with Crippen molar-refractivity contribution in [2.24, 2.45) is 7.05 Å². The summed E-state index contributed by atoms with van der Waals surface area (Å²) in [5.41, 5.74) is 2.33. The van der Waals surface area contributed by atoms with Crippen LogP contribution in [0.1, 0.15) is 20.7 Å². The summed E-state index contributed by atoms with van der Waals surface area (Å²) in [7, 11) is 1.76. The number of amides is 1. The minimum Gasteiger partial charge on any atom is -0.490 e. The number of aromatic nitrogens is 2. The van der Waals surface area contributed by atoms with Gasteiger partial charge in [-0.1, -0.05) is 42.5 Å². The number of rotatable bonds is 3. The monoisotopic (exact) mass is 347 g/mol. The third kappa shape index (κ3) is 2.86. The third-order valence-electron chi connectivity index (χ3n) is 4.30. The van der Waals surface area contributed by atoms with Gasteiger partial charge >= 0.3 is 0 Å². The molecule has 0 bridgehead atoms. The molecule has 3 aromatic rings. The molecule has 2 heterocycles. The van der Waals surface area contributed by atoms with Crippen LogP contribution in [0.4, 0.5) is 0 Å². The summed E-state index contributed by atoms with van der Waals surface area (Å²) in [4.78, 5) is 25.4. The number of fused-ring (bicyclic) bond motifs is 1. The molecule has 1 aromatic heterocycles. The van der Waals surface area contributed by atoms with Crippen LogP contribution >= 0.6 is 0 Å². The number of carbonyl (C=O) groups excluding carboxylic acids is 2. The van der Waals surface area contributed by atoms with Gasteiger partial charge in [0.05, 0.1) is 11.1 Å². The van der Waals surface area contributed by atoms with Crippen molar-refractivity contribution in [3.8, 4) is 17.0 Å². The van der Waals surface area contributed by atoms with Crippen LogP contribution in [0.3, 0.4) is 0 Å². The van der Waals surface area contributed by atoms with Crippen molar-refractivity contribution in [2.45, 2.75) is 6.04 Å². The summed E-state index contributed by atoms with van der Waals surface area (Å²) >= 11 is 0. The maximum Gasteiger partial charge on any atom is 0.255 e. The minimum atomic E-state index is -0.721. The zero-order valence-corrected chi connectivity index (χ0v) is 14.2. The van der Waals surface area contributed by atoms with Crippen molar-refractivity contribution in [1.29, 1.82) is 0 Å². The number of hydrogen-bond donors (Lipinski definition) is 1. The van der Waals surface area contributed by atoms with Gasteiger partial charge in [-0.3, -0.25) is 14.3 Å². The molecule has 0 aliphatic carbocycles. The summed E-state index contributed by atoms with van der Waals surface area (Å²) < 4.78 is 7.20. The number of carbonyl (C=O) groups is 2. The smallest absolute Gasteiger partial charge is 0.255 e. The van der Waals surface area contributed by atoms with Crippen LogP contribution in [0.2, 0.25) is 0 Å². The Morgan fingerprint density at radius 1 is 1.15 bits per heavy atom. The summed E-state index contributed by atoms with van der Waals surface area (Å²) in [6, 6.07) is 15.8. The van der Waals surface area contributed by atoms with E-state index in [0.29, 0.717) is 22.6 Å². The van der Waals surface area contributed by atoms with Gasteiger partial charge in [0.25, 0.3) is 5.91 Å². The lowest BCUT2D eigenvalue weighted by molar-refractivity contribution is 0.0795. The fraction of sp³-hybridized carbons (Fsp3) is 0.150. The number of Topliss-reactive ketones (excluding diaryl/α,β-unsaturated/α-hetero) is 1. The fourth-order valence-electron chi connectivity index (χ4n) is 3.04. The lowest BCUT2D eigenvalue weighted by Crippen LogP contribution is -2.47. The van der Waals surface area contributed by atoms with E-state index in [1.54, 1.807) is 36.1 Å². The first-order valence-corrected chi connectivity index (χ1v) is 8.29. The molecular formula is C20H17N3O3. The van der Waals surface area contributed by atoms with Gasteiger partial charge in [-0.15, -0.1) is 0 Å². The number of ketones is 1. The standard InChI is InChI=1S/C20H17N3O3/c1-23-11-15(18(22-23)13-7-3-2-4-8-13)20(25)21-16-12-26-17-10-6-5-9-14(17)19(16)24/h2-11,16H,12H2,1H3,(H,21,25)/t16-/m0/s1. The quantitative estimate of drug-likeness (QED) is 0.790. The molecular weight excluding hydrogens is 330 g/mol. The molecule has 1 aliphatic rings. The molecule has 26 heavy (non-hydrogen) atoms. The van der Waals surface area contributed by atoms with E-state index in [1.165, 1.54) is 0 Å². The maximum atomic E-state index is 12.8. The van der Waals surface area contributed by atoms with Crippen molar-refractivity contribution in [3.63, 3.8) is 0 Å². The van der Waals surface area contributed by atoms with Crippen molar-refractivity contribution in [2.75, 3.05) is 6.61 Å². The van der Waals surface area contributed by atoms with E-state index in [9.17, 15) is 9.59 Å². The molecule has 1 aliphatic heterocycles. The molecule has 0 saturated carbocycles. The molecule has 4 rings (SSSR count). The SMILES string of the molecule is Cn1cc(C(=O)N[C@H]2COc3ccccc3C2=O)c(-c2ccccc2)n1. The molecule has 1 N–H and O–H groups in total. The molecule has 6 heteroatoms. The van der Waals surface area contributed by atoms with E-state index in [0.717, 1.165) is 5.56 Å². The number of aryl methyl sites for hydroxylation is 1. The average molecular weight is 347 g/mol. The number of para-hydroxylation sites is 1. The van der Waals surface area contributed by atoms with Gasteiger partial charge in [0.15, 0.2) is 5.78 Å². The lowest BCUT2D eigenvalue weighted by atomic mass is 10.0. The van der Waals surface area contributed by atoms with Gasteiger partial charge in [0.1, 0.15) is 24.1 Å². The molecule has 0 fully saturated rings. The molecule has 0 radical (unpaired) electrons. The largest absolute Gasteiger partial charge is 0.490 e. The first-order chi connectivity index (χ1) is 12.6. The lowest BCUT2D eigenvalue weighted by Gasteiger charge is -2.24. The summed E-state index contributed by atoms with van der Waals surface area (Å²) in [6.07, 6.45) is 1.65. The van der Waals surface area contributed by atoms with Crippen molar-refractivity contribution >= 4 is 11.7 Å². The third-order valence-corrected chi connectivity index (χ3v) is 4.30. The predicted octanol–water partition coefficient (Wildman–Crippen LogP) is 2.46. The molecule has 1 atom stereocenters. The van der Waals surface area contributed by atoms with E-state index in [1.807, 2.05) is 36.4 Å². The van der Waals surface area contributed by atoms with Crippen molar-refractivity contribution in [1.82, 2.24) is 15.1 Å². The van der Waals surface area contributed by atoms with Crippen LogP contribution in [0.25, 0.3) is 11.3 Å².